The monoisotopic (exact) mass is 217 g/mol. The van der Waals surface area contributed by atoms with Gasteiger partial charge in [0.25, 0.3) is 0 Å². The molecule has 0 unspecified atom stereocenters. The van der Waals surface area contributed by atoms with Crippen LogP contribution in [0.1, 0.15) is 0 Å². The Kier molecular flexibility index (Phi) is 2.81. The van der Waals surface area contributed by atoms with Crippen molar-refractivity contribution in [2.75, 3.05) is 11.1 Å². The number of nitrogens with zero attached hydrogens (tertiary/aromatic N) is 3. The van der Waals surface area contributed by atoms with Crippen molar-refractivity contribution in [1.82, 2.24) is 14.8 Å². The van der Waals surface area contributed by atoms with E-state index < -0.39 is 0 Å². The molecule has 0 saturated heterocycles. The molecule has 6 heteroatoms. The summed E-state index contributed by atoms with van der Waals surface area (Å²) in [7, 11) is 0. The Morgan fingerprint density at radius 2 is 2.12 bits per heavy atom. The van der Waals surface area contributed by atoms with Crippen LogP contribution in [0, 0.1) is 0 Å². The van der Waals surface area contributed by atoms with E-state index in [4.69, 9.17) is 5.73 Å². The normalized spacial score (nSPS) is 10.0. The first-order valence-corrected chi connectivity index (χ1v) is 4.73. The molecular weight excluding hydrogens is 206 g/mol. The molecule has 2 aromatic rings. The quantitative estimate of drug-likeness (QED) is 0.783. The summed E-state index contributed by atoms with van der Waals surface area (Å²) >= 11 is 0. The fraction of sp³-hybridized carbons (Fsp3) is 0.100. The number of nitrogens with one attached hydrogen (secondary N) is 1. The fourth-order valence-electron chi connectivity index (χ4n) is 1.25. The molecule has 3 N–H and O–H groups in total. The number of aromatic nitrogens is 3. The maximum atomic E-state index is 11.6. The third-order valence-electron chi connectivity index (χ3n) is 1.93. The number of nitrogen functional groups attached to an aromatic ring is 1. The SMILES string of the molecule is Nc1ccn(CC(=O)Nc2ccncc2)n1. The molecule has 0 radical (unpaired) electrons. The average molecular weight is 217 g/mol. The Labute approximate surface area is 92.1 Å². The van der Waals surface area contributed by atoms with Gasteiger partial charge in [-0.3, -0.25) is 14.5 Å². The van der Waals surface area contributed by atoms with Crippen molar-refractivity contribution in [3.05, 3.63) is 36.8 Å². The van der Waals surface area contributed by atoms with Crippen molar-refractivity contribution in [3.63, 3.8) is 0 Å². The summed E-state index contributed by atoms with van der Waals surface area (Å²) in [5.74, 6) is 0.242. The minimum atomic E-state index is -0.158. The van der Waals surface area contributed by atoms with Gasteiger partial charge in [0.05, 0.1) is 0 Å². The standard InChI is InChI=1S/C10H11N5O/c11-9-3-6-15(14-9)7-10(16)13-8-1-4-12-5-2-8/h1-6H,7H2,(H2,11,14)(H,12,13,16). The predicted molar refractivity (Wildman–Crippen MR) is 59.5 cm³/mol. The lowest BCUT2D eigenvalue weighted by atomic mass is 10.4. The number of amides is 1. The summed E-state index contributed by atoms with van der Waals surface area (Å²) < 4.78 is 1.48. The Balaban J connectivity index is 1.95. The van der Waals surface area contributed by atoms with Crippen LogP contribution in [-0.2, 0) is 11.3 Å². The maximum Gasteiger partial charge on any atom is 0.246 e. The lowest BCUT2D eigenvalue weighted by Gasteiger charge is -2.04. The van der Waals surface area contributed by atoms with E-state index >= 15 is 0 Å². The van der Waals surface area contributed by atoms with Crippen molar-refractivity contribution >= 4 is 17.4 Å². The van der Waals surface area contributed by atoms with Crippen LogP contribution in [0.25, 0.3) is 0 Å². The smallest absolute Gasteiger partial charge is 0.246 e. The van der Waals surface area contributed by atoms with E-state index in [0.29, 0.717) is 11.5 Å². The summed E-state index contributed by atoms with van der Waals surface area (Å²) in [5.41, 5.74) is 6.14. The van der Waals surface area contributed by atoms with Gasteiger partial charge in [0, 0.05) is 24.3 Å². The van der Waals surface area contributed by atoms with Gasteiger partial charge in [-0.1, -0.05) is 0 Å². The molecule has 0 fully saturated rings. The summed E-state index contributed by atoms with van der Waals surface area (Å²) in [6, 6.07) is 5.07. The summed E-state index contributed by atoms with van der Waals surface area (Å²) in [5, 5.41) is 6.63. The number of pyridine rings is 1. The van der Waals surface area contributed by atoms with Crippen molar-refractivity contribution < 1.29 is 4.79 Å². The summed E-state index contributed by atoms with van der Waals surface area (Å²) in [6.07, 6.45) is 4.88. The first kappa shape index (κ1) is 10.2. The molecule has 0 aliphatic rings. The molecule has 6 nitrogen and oxygen atoms in total. The number of hydrogen-bond donors (Lipinski definition) is 2. The molecule has 0 atom stereocenters. The second kappa shape index (κ2) is 4.43. The zero-order valence-electron chi connectivity index (χ0n) is 8.50. The Bertz CT molecular complexity index is 479. The molecule has 2 aromatic heterocycles. The van der Waals surface area contributed by atoms with Gasteiger partial charge in [0.15, 0.2) is 0 Å². The molecule has 2 heterocycles. The van der Waals surface area contributed by atoms with Crippen LogP contribution < -0.4 is 11.1 Å². The zero-order valence-corrected chi connectivity index (χ0v) is 8.50. The van der Waals surface area contributed by atoms with E-state index in [1.54, 1.807) is 36.8 Å². The van der Waals surface area contributed by atoms with E-state index in [2.05, 4.69) is 15.4 Å². The van der Waals surface area contributed by atoms with Crippen LogP contribution in [0.5, 0.6) is 0 Å². The van der Waals surface area contributed by atoms with Gasteiger partial charge in [-0.2, -0.15) is 5.10 Å². The molecule has 2 rings (SSSR count). The average Bonchev–Trinajstić information content (AvgIpc) is 2.65. The molecule has 0 bridgehead atoms. The van der Waals surface area contributed by atoms with Crippen molar-refractivity contribution in [2.24, 2.45) is 0 Å². The van der Waals surface area contributed by atoms with E-state index in [-0.39, 0.29) is 12.5 Å². The van der Waals surface area contributed by atoms with Gasteiger partial charge in [-0.15, -0.1) is 0 Å². The van der Waals surface area contributed by atoms with Crippen molar-refractivity contribution in [1.29, 1.82) is 0 Å². The molecule has 16 heavy (non-hydrogen) atoms. The molecule has 0 aliphatic heterocycles. The maximum absolute atomic E-state index is 11.6. The van der Waals surface area contributed by atoms with Crippen molar-refractivity contribution in [2.45, 2.75) is 6.54 Å². The summed E-state index contributed by atoms with van der Waals surface area (Å²) in [6.45, 7) is 0.138. The van der Waals surface area contributed by atoms with Crippen LogP contribution in [0.4, 0.5) is 11.5 Å². The zero-order chi connectivity index (χ0) is 11.4. The number of nitrogens with two attached hydrogens (primary N) is 1. The largest absolute Gasteiger partial charge is 0.382 e. The van der Waals surface area contributed by atoms with Crippen LogP contribution >= 0.6 is 0 Å². The van der Waals surface area contributed by atoms with Crippen LogP contribution in [-0.4, -0.2) is 20.7 Å². The highest BCUT2D eigenvalue weighted by molar-refractivity contribution is 5.90. The van der Waals surface area contributed by atoms with Gasteiger partial charge in [0.2, 0.25) is 5.91 Å². The summed E-state index contributed by atoms with van der Waals surface area (Å²) in [4.78, 5) is 15.4. The Hall–Kier alpha value is -2.37. The lowest BCUT2D eigenvalue weighted by molar-refractivity contribution is -0.116. The van der Waals surface area contributed by atoms with Crippen molar-refractivity contribution in [3.8, 4) is 0 Å². The molecule has 0 aliphatic carbocycles. The van der Waals surface area contributed by atoms with Gasteiger partial charge in [0.1, 0.15) is 12.4 Å². The van der Waals surface area contributed by atoms with Crippen LogP contribution in [0.3, 0.4) is 0 Å². The number of carbonyl (C=O) groups excluding carboxylic acids is 1. The predicted octanol–water partition coefficient (Wildman–Crippen LogP) is 0.499. The topological polar surface area (TPSA) is 85.8 Å². The molecule has 0 spiro atoms. The highest BCUT2D eigenvalue weighted by Crippen LogP contribution is 2.03. The van der Waals surface area contributed by atoms with Gasteiger partial charge >= 0.3 is 0 Å². The lowest BCUT2D eigenvalue weighted by Crippen LogP contribution is -2.19. The second-order valence-corrected chi connectivity index (χ2v) is 3.22. The van der Waals surface area contributed by atoms with Gasteiger partial charge in [-0.25, -0.2) is 0 Å². The minimum absolute atomic E-state index is 0.138. The number of hydrogen-bond acceptors (Lipinski definition) is 4. The molecule has 0 aromatic carbocycles. The van der Waals surface area contributed by atoms with Crippen LogP contribution in [0.2, 0.25) is 0 Å². The first-order valence-electron chi connectivity index (χ1n) is 4.73. The van der Waals surface area contributed by atoms with Gasteiger partial charge in [-0.05, 0) is 18.2 Å². The fourth-order valence-corrected chi connectivity index (χ4v) is 1.25. The number of carbonyl (C=O) groups is 1. The first-order chi connectivity index (χ1) is 7.74. The molecule has 82 valence electrons. The Morgan fingerprint density at radius 3 is 2.75 bits per heavy atom. The van der Waals surface area contributed by atoms with E-state index in [9.17, 15) is 4.79 Å². The number of rotatable bonds is 3. The van der Waals surface area contributed by atoms with E-state index in [1.165, 1.54) is 4.68 Å². The third-order valence-corrected chi connectivity index (χ3v) is 1.93. The third kappa shape index (κ3) is 2.57. The second-order valence-electron chi connectivity index (χ2n) is 3.22. The van der Waals surface area contributed by atoms with E-state index in [0.717, 1.165) is 0 Å². The van der Waals surface area contributed by atoms with Crippen LogP contribution in [0.15, 0.2) is 36.8 Å². The number of anilines is 2. The van der Waals surface area contributed by atoms with E-state index in [1.807, 2.05) is 0 Å². The highest BCUT2D eigenvalue weighted by atomic mass is 16.2. The molecular formula is C10H11N5O. The highest BCUT2D eigenvalue weighted by Gasteiger charge is 2.03. The minimum Gasteiger partial charge on any atom is -0.382 e. The molecule has 0 saturated carbocycles. The Morgan fingerprint density at radius 1 is 1.38 bits per heavy atom. The van der Waals surface area contributed by atoms with Gasteiger partial charge < -0.3 is 11.1 Å². The molecule has 1 amide bonds.